The van der Waals surface area contributed by atoms with E-state index in [4.69, 9.17) is 5.73 Å². The van der Waals surface area contributed by atoms with Gasteiger partial charge in [0.2, 0.25) is 0 Å². The van der Waals surface area contributed by atoms with Crippen molar-refractivity contribution in [3.05, 3.63) is 37.0 Å². The first-order chi connectivity index (χ1) is 5.27. The van der Waals surface area contributed by atoms with Crippen LogP contribution in [-0.2, 0) is 0 Å². The summed E-state index contributed by atoms with van der Waals surface area (Å²) in [4.78, 5) is 0. The molecule has 0 unspecified atom stereocenters. The molecule has 2 N–H and O–H groups in total. The van der Waals surface area contributed by atoms with Crippen LogP contribution in [0.5, 0.6) is 0 Å². The van der Waals surface area contributed by atoms with E-state index in [1.165, 1.54) is 5.57 Å². The molecule has 0 atom stereocenters. The van der Waals surface area contributed by atoms with E-state index < -0.39 is 0 Å². The molecule has 0 saturated heterocycles. The fraction of sp³-hybridized carbons (Fsp3) is 0.400. The van der Waals surface area contributed by atoms with Crippen molar-refractivity contribution in [3.8, 4) is 0 Å². The van der Waals surface area contributed by atoms with Gasteiger partial charge in [-0.05, 0) is 24.3 Å². The first kappa shape index (κ1) is 8.28. The zero-order chi connectivity index (χ0) is 8.27. The summed E-state index contributed by atoms with van der Waals surface area (Å²) in [6.45, 7) is 7.40. The summed E-state index contributed by atoms with van der Waals surface area (Å²) >= 11 is 0. The van der Waals surface area contributed by atoms with Gasteiger partial charge in [-0.25, -0.2) is 0 Å². The Kier molecular flexibility index (Phi) is 2.66. The van der Waals surface area contributed by atoms with Gasteiger partial charge in [-0.1, -0.05) is 31.4 Å². The highest BCUT2D eigenvalue weighted by Gasteiger charge is 2.27. The molecule has 1 fully saturated rings. The van der Waals surface area contributed by atoms with Crippen LogP contribution in [0.4, 0.5) is 0 Å². The van der Waals surface area contributed by atoms with Gasteiger partial charge < -0.3 is 5.73 Å². The molecule has 0 bridgehead atoms. The molecule has 1 saturated carbocycles. The predicted molar refractivity (Wildman–Crippen MR) is 49.2 cm³/mol. The Labute approximate surface area is 68.3 Å². The van der Waals surface area contributed by atoms with Crippen LogP contribution in [0.15, 0.2) is 37.0 Å². The van der Waals surface area contributed by atoms with Crippen molar-refractivity contribution in [2.75, 3.05) is 0 Å². The average Bonchev–Trinajstić information content (AvgIpc) is 1.95. The summed E-state index contributed by atoms with van der Waals surface area (Å²) in [6, 6.07) is 0.410. The maximum atomic E-state index is 5.67. The molecule has 0 aromatic carbocycles. The lowest BCUT2D eigenvalue weighted by Crippen LogP contribution is -2.36. The van der Waals surface area contributed by atoms with Crippen LogP contribution in [0, 0.1) is 5.92 Å². The van der Waals surface area contributed by atoms with E-state index in [9.17, 15) is 0 Å². The van der Waals surface area contributed by atoms with Crippen LogP contribution in [0.25, 0.3) is 0 Å². The van der Waals surface area contributed by atoms with Crippen molar-refractivity contribution >= 4 is 0 Å². The quantitative estimate of drug-likeness (QED) is 0.610. The van der Waals surface area contributed by atoms with Crippen LogP contribution in [-0.4, -0.2) is 6.04 Å². The second kappa shape index (κ2) is 3.54. The summed E-state index contributed by atoms with van der Waals surface area (Å²) in [5, 5.41) is 0. The zero-order valence-electron chi connectivity index (χ0n) is 6.79. The number of allylic oxidation sites excluding steroid dienone is 4. The van der Waals surface area contributed by atoms with Crippen molar-refractivity contribution in [2.24, 2.45) is 11.7 Å². The fourth-order valence-corrected chi connectivity index (χ4v) is 1.44. The lowest BCUT2D eigenvalue weighted by Gasteiger charge is -2.33. The minimum Gasteiger partial charge on any atom is -0.328 e. The Morgan fingerprint density at radius 3 is 2.36 bits per heavy atom. The number of hydrogen-bond acceptors (Lipinski definition) is 1. The van der Waals surface area contributed by atoms with Gasteiger partial charge in [0, 0.05) is 6.04 Å². The molecule has 60 valence electrons. The Morgan fingerprint density at radius 2 is 2.00 bits per heavy atom. The standard InChI is InChI=1S/C10H15N/c1-3-5-8(4-2)9-6-10(11)7-9/h3-5,9-10H,1-2,6-7,11H2/b8-5+. The molecule has 0 heterocycles. The summed E-state index contributed by atoms with van der Waals surface area (Å²) in [5.41, 5.74) is 6.95. The van der Waals surface area contributed by atoms with Gasteiger partial charge in [0.1, 0.15) is 0 Å². The van der Waals surface area contributed by atoms with E-state index in [1.807, 2.05) is 12.2 Å². The third-order valence-corrected chi connectivity index (χ3v) is 2.19. The molecular formula is C10H15N. The SMILES string of the molecule is C=C/C=C(\C=C)C1CC(N)C1. The largest absolute Gasteiger partial charge is 0.328 e. The molecular weight excluding hydrogens is 134 g/mol. The lowest BCUT2D eigenvalue weighted by molar-refractivity contribution is 0.313. The van der Waals surface area contributed by atoms with Crippen LogP contribution < -0.4 is 5.73 Å². The Bertz CT molecular complexity index is 185. The van der Waals surface area contributed by atoms with Crippen LogP contribution in [0.3, 0.4) is 0 Å². The Hall–Kier alpha value is -0.820. The molecule has 11 heavy (non-hydrogen) atoms. The molecule has 1 heteroatoms. The highest BCUT2D eigenvalue weighted by atomic mass is 14.7. The third-order valence-electron chi connectivity index (χ3n) is 2.19. The monoisotopic (exact) mass is 149 g/mol. The van der Waals surface area contributed by atoms with Crippen molar-refractivity contribution in [1.82, 2.24) is 0 Å². The molecule has 1 aliphatic carbocycles. The van der Waals surface area contributed by atoms with Gasteiger partial charge in [0.15, 0.2) is 0 Å². The highest BCUT2D eigenvalue weighted by Crippen LogP contribution is 2.32. The van der Waals surface area contributed by atoms with E-state index in [-0.39, 0.29) is 0 Å². The van der Waals surface area contributed by atoms with Gasteiger partial charge in [-0.15, -0.1) is 0 Å². The highest BCUT2D eigenvalue weighted by molar-refractivity contribution is 5.26. The number of nitrogens with two attached hydrogens (primary N) is 1. The summed E-state index contributed by atoms with van der Waals surface area (Å²) in [6.07, 6.45) is 7.93. The molecule has 0 radical (unpaired) electrons. The minimum absolute atomic E-state index is 0.410. The summed E-state index contributed by atoms with van der Waals surface area (Å²) in [7, 11) is 0. The fourth-order valence-electron chi connectivity index (χ4n) is 1.44. The maximum absolute atomic E-state index is 5.67. The van der Waals surface area contributed by atoms with E-state index in [0.29, 0.717) is 12.0 Å². The van der Waals surface area contributed by atoms with Crippen LogP contribution in [0.1, 0.15) is 12.8 Å². The van der Waals surface area contributed by atoms with Crippen molar-refractivity contribution in [3.63, 3.8) is 0 Å². The minimum atomic E-state index is 0.410. The maximum Gasteiger partial charge on any atom is 0.00504 e. The first-order valence-electron chi connectivity index (χ1n) is 3.98. The Balaban J connectivity index is 2.51. The number of rotatable bonds is 3. The van der Waals surface area contributed by atoms with Gasteiger partial charge in [-0.2, -0.15) is 0 Å². The summed E-state index contributed by atoms with van der Waals surface area (Å²) in [5.74, 6) is 0.639. The second-order valence-electron chi connectivity index (χ2n) is 3.03. The van der Waals surface area contributed by atoms with Crippen molar-refractivity contribution < 1.29 is 0 Å². The van der Waals surface area contributed by atoms with Gasteiger partial charge in [-0.3, -0.25) is 0 Å². The zero-order valence-corrected chi connectivity index (χ0v) is 6.79. The van der Waals surface area contributed by atoms with E-state index >= 15 is 0 Å². The van der Waals surface area contributed by atoms with E-state index in [2.05, 4.69) is 13.2 Å². The van der Waals surface area contributed by atoms with Gasteiger partial charge >= 0.3 is 0 Å². The average molecular weight is 149 g/mol. The van der Waals surface area contributed by atoms with Crippen LogP contribution >= 0.6 is 0 Å². The predicted octanol–water partition coefficient (Wildman–Crippen LogP) is 2.02. The summed E-state index contributed by atoms with van der Waals surface area (Å²) < 4.78 is 0. The van der Waals surface area contributed by atoms with Crippen molar-refractivity contribution in [1.29, 1.82) is 0 Å². The van der Waals surface area contributed by atoms with Gasteiger partial charge in [0.05, 0.1) is 0 Å². The number of hydrogen-bond donors (Lipinski definition) is 1. The second-order valence-corrected chi connectivity index (χ2v) is 3.03. The molecule has 1 aliphatic rings. The molecule has 0 amide bonds. The molecule has 0 spiro atoms. The van der Waals surface area contributed by atoms with Gasteiger partial charge in [0.25, 0.3) is 0 Å². The van der Waals surface area contributed by atoms with E-state index in [0.717, 1.165) is 12.8 Å². The molecule has 0 aliphatic heterocycles. The topological polar surface area (TPSA) is 26.0 Å². The third kappa shape index (κ3) is 1.81. The smallest absolute Gasteiger partial charge is 0.00504 e. The van der Waals surface area contributed by atoms with Crippen molar-refractivity contribution in [2.45, 2.75) is 18.9 Å². The lowest BCUT2D eigenvalue weighted by atomic mass is 9.76. The van der Waals surface area contributed by atoms with E-state index in [1.54, 1.807) is 6.08 Å². The Morgan fingerprint density at radius 1 is 1.36 bits per heavy atom. The molecule has 0 aromatic rings. The first-order valence-corrected chi connectivity index (χ1v) is 3.98. The normalized spacial score (nSPS) is 30.8. The molecule has 1 rings (SSSR count). The van der Waals surface area contributed by atoms with Crippen LogP contribution in [0.2, 0.25) is 0 Å². The molecule has 0 aromatic heterocycles. The molecule has 1 nitrogen and oxygen atoms in total.